The van der Waals surface area contributed by atoms with Crippen LogP contribution in [-0.4, -0.2) is 38.4 Å². The van der Waals surface area contributed by atoms with Gasteiger partial charge in [0.1, 0.15) is 5.75 Å². The van der Waals surface area contributed by atoms with Crippen molar-refractivity contribution in [2.75, 3.05) is 16.8 Å². The minimum absolute atomic E-state index is 0.0556. The standard InChI is InChI=1S/C24H15Cl2N5O3/c1-2-10-27-17-9-8-16-19-13(17)4-3-5-15(19)21(33)31(22(16)34)12-6-7-14(18(32)11-12)20-28-23(25)30-24(26)29-20/h2-9,11,27,32H,1,10H2. The summed E-state index contributed by atoms with van der Waals surface area (Å²) >= 11 is 11.7. The van der Waals surface area contributed by atoms with E-state index in [-0.39, 0.29) is 33.4 Å². The number of amides is 2. The van der Waals surface area contributed by atoms with Gasteiger partial charge in [-0.3, -0.25) is 9.59 Å². The smallest absolute Gasteiger partial charge is 0.265 e. The fourth-order valence-electron chi connectivity index (χ4n) is 3.96. The Morgan fingerprint density at radius 2 is 1.62 bits per heavy atom. The molecule has 1 aliphatic heterocycles. The molecule has 0 bridgehead atoms. The monoisotopic (exact) mass is 491 g/mol. The topological polar surface area (TPSA) is 108 Å². The second kappa shape index (κ2) is 8.40. The SMILES string of the molecule is C=CCNc1ccc2c3c(cccc13)C(=O)N(c1ccc(-c3nc(Cl)nc(Cl)n3)c(O)c1)C2=O. The van der Waals surface area contributed by atoms with Crippen LogP contribution in [0.25, 0.3) is 22.2 Å². The van der Waals surface area contributed by atoms with Crippen LogP contribution in [0.3, 0.4) is 0 Å². The number of halogens is 2. The average Bonchev–Trinajstić information content (AvgIpc) is 2.81. The molecule has 5 rings (SSSR count). The molecule has 34 heavy (non-hydrogen) atoms. The summed E-state index contributed by atoms with van der Waals surface area (Å²) < 4.78 is 0. The highest BCUT2D eigenvalue weighted by atomic mass is 35.5. The van der Waals surface area contributed by atoms with E-state index in [9.17, 15) is 14.7 Å². The fraction of sp³-hybridized carbons (Fsp3) is 0.0417. The summed E-state index contributed by atoms with van der Waals surface area (Å²) in [6.07, 6.45) is 1.72. The van der Waals surface area contributed by atoms with E-state index in [4.69, 9.17) is 23.2 Å². The van der Waals surface area contributed by atoms with Gasteiger partial charge in [-0.05, 0) is 53.5 Å². The van der Waals surface area contributed by atoms with Crippen molar-refractivity contribution in [3.05, 3.63) is 82.9 Å². The summed E-state index contributed by atoms with van der Waals surface area (Å²) in [4.78, 5) is 39.5. The lowest BCUT2D eigenvalue weighted by atomic mass is 9.92. The molecule has 1 aromatic heterocycles. The molecule has 1 aliphatic rings. The maximum atomic E-state index is 13.4. The number of phenols is 1. The highest BCUT2D eigenvalue weighted by Crippen LogP contribution is 2.38. The van der Waals surface area contributed by atoms with Crippen LogP contribution in [0.5, 0.6) is 5.75 Å². The van der Waals surface area contributed by atoms with Crippen LogP contribution in [-0.2, 0) is 0 Å². The van der Waals surface area contributed by atoms with E-state index in [1.807, 2.05) is 6.07 Å². The van der Waals surface area contributed by atoms with Crippen LogP contribution < -0.4 is 10.2 Å². The number of aromatic nitrogens is 3. The molecule has 0 unspecified atom stereocenters. The first kappa shape index (κ1) is 21.8. The minimum Gasteiger partial charge on any atom is -0.507 e. The van der Waals surface area contributed by atoms with Gasteiger partial charge in [0, 0.05) is 40.2 Å². The predicted octanol–water partition coefficient (Wildman–Crippen LogP) is 5.10. The second-order valence-corrected chi connectivity index (χ2v) is 8.08. The van der Waals surface area contributed by atoms with Crippen molar-refractivity contribution in [3.8, 4) is 17.1 Å². The maximum absolute atomic E-state index is 13.4. The normalized spacial score (nSPS) is 12.8. The molecule has 10 heteroatoms. The number of carbonyl (C=O) groups excluding carboxylic acids is 2. The van der Waals surface area contributed by atoms with Crippen molar-refractivity contribution < 1.29 is 14.7 Å². The highest BCUT2D eigenvalue weighted by molar-refractivity contribution is 6.36. The highest BCUT2D eigenvalue weighted by Gasteiger charge is 2.34. The Morgan fingerprint density at radius 3 is 2.29 bits per heavy atom. The van der Waals surface area contributed by atoms with E-state index < -0.39 is 11.8 Å². The molecule has 3 aromatic carbocycles. The number of carbonyl (C=O) groups is 2. The molecular formula is C24H15Cl2N5O3. The van der Waals surface area contributed by atoms with E-state index in [1.54, 1.807) is 30.3 Å². The van der Waals surface area contributed by atoms with Gasteiger partial charge < -0.3 is 10.4 Å². The van der Waals surface area contributed by atoms with Crippen molar-refractivity contribution in [3.63, 3.8) is 0 Å². The van der Waals surface area contributed by atoms with Crippen molar-refractivity contribution >= 4 is 57.2 Å². The Balaban J connectivity index is 1.59. The van der Waals surface area contributed by atoms with Gasteiger partial charge in [-0.15, -0.1) is 6.58 Å². The van der Waals surface area contributed by atoms with Gasteiger partial charge in [-0.25, -0.2) is 4.90 Å². The molecule has 0 atom stereocenters. The zero-order valence-corrected chi connectivity index (χ0v) is 18.9. The number of nitrogens with zero attached hydrogens (tertiary/aromatic N) is 4. The van der Waals surface area contributed by atoms with Crippen molar-refractivity contribution in [2.45, 2.75) is 0 Å². The molecule has 2 amide bonds. The van der Waals surface area contributed by atoms with Crippen LogP contribution in [0.15, 0.2) is 61.2 Å². The quantitative estimate of drug-likeness (QED) is 0.295. The molecule has 0 saturated carbocycles. The first-order chi connectivity index (χ1) is 16.4. The van der Waals surface area contributed by atoms with Crippen LogP contribution in [0, 0.1) is 0 Å². The minimum atomic E-state index is -0.498. The maximum Gasteiger partial charge on any atom is 0.265 e. The number of hydrogen-bond donors (Lipinski definition) is 2. The van der Waals surface area contributed by atoms with E-state index >= 15 is 0 Å². The molecule has 0 fully saturated rings. The van der Waals surface area contributed by atoms with Gasteiger partial charge in [-0.1, -0.05) is 18.2 Å². The van der Waals surface area contributed by atoms with Gasteiger partial charge in [0.25, 0.3) is 11.8 Å². The lowest BCUT2D eigenvalue weighted by molar-refractivity contribution is 0.0893. The molecule has 4 aromatic rings. The molecule has 0 saturated heterocycles. The molecule has 0 radical (unpaired) electrons. The first-order valence-electron chi connectivity index (χ1n) is 10.1. The zero-order valence-electron chi connectivity index (χ0n) is 17.4. The Kier molecular flexibility index (Phi) is 5.39. The molecule has 0 aliphatic carbocycles. The Labute approximate surface area is 203 Å². The lowest BCUT2D eigenvalue weighted by Gasteiger charge is -2.28. The summed E-state index contributed by atoms with van der Waals surface area (Å²) in [5, 5.41) is 15.0. The molecule has 2 heterocycles. The van der Waals surface area contributed by atoms with Gasteiger partial charge >= 0.3 is 0 Å². The summed E-state index contributed by atoms with van der Waals surface area (Å²) in [6.45, 7) is 4.24. The number of aromatic hydroxyl groups is 1. The average molecular weight is 492 g/mol. The number of imide groups is 1. The third kappa shape index (κ3) is 3.53. The summed E-state index contributed by atoms with van der Waals surface area (Å²) in [5.41, 5.74) is 1.97. The van der Waals surface area contributed by atoms with Gasteiger partial charge in [-0.2, -0.15) is 15.0 Å². The summed E-state index contributed by atoms with van der Waals surface area (Å²) in [6, 6.07) is 13.1. The molecular weight excluding hydrogens is 477 g/mol. The Bertz CT molecular complexity index is 1480. The van der Waals surface area contributed by atoms with Gasteiger partial charge in [0.15, 0.2) is 5.82 Å². The third-order valence-electron chi connectivity index (χ3n) is 5.41. The third-order valence-corrected chi connectivity index (χ3v) is 5.74. The number of rotatable bonds is 5. The molecule has 2 N–H and O–H groups in total. The van der Waals surface area contributed by atoms with Gasteiger partial charge in [0.2, 0.25) is 10.6 Å². The number of nitrogens with one attached hydrogen (secondary N) is 1. The Morgan fingerprint density at radius 1 is 0.941 bits per heavy atom. The Hall–Kier alpha value is -4.01. The van der Waals surface area contributed by atoms with Crippen LogP contribution in [0.1, 0.15) is 20.7 Å². The lowest BCUT2D eigenvalue weighted by Crippen LogP contribution is -2.40. The fourth-order valence-corrected chi connectivity index (χ4v) is 4.33. The number of benzene rings is 3. The predicted molar refractivity (Wildman–Crippen MR) is 131 cm³/mol. The van der Waals surface area contributed by atoms with Crippen LogP contribution in [0.4, 0.5) is 11.4 Å². The molecule has 168 valence electrons. The number of anilines is 2. The summed E-state index contributed by atoms with van der Waals surface area (Å²) in [7, 11) is 0. The van der Waals surface area contributed by atoms with E-state index in [0.29, 0.717) is 23.1 Å². The van der Waals surface area contributed by atoms with Crippen LogP contribution >= 0.6 is 23.2 Å². The summed E-state index contributed by atoms with van der Waals surface area (Å²) in [5.74, 6) is -1.20. The largest absolute Gasteiger partial charge is 0.507 e. The number of phenolic OH excluding ortho intramolecular Hbond substituents is 1. The van der Waals surface area contributed by atoms with Crippen molar-refractivity contribution in [1.82, 2.24) is 15.0 Å². The molecule has 8 nitrogen and oxygen atoms in total. The first-order valence-corrected chi connectivity index (χ1v) is 10.8. The van der Waals surface area contributed by atoms with E-state index in [1.165, 1.54) is 18.2 Å². The van der Waals surface area contributed by atoms with Gasteiger partial charge in [0.05, 0.1) is 11.3 Å². The second-order valence-electron chi connectivity index (χ2n) is 7.40. The van der Waals surface area contributed by atoms with E-state index in [2.05, 4.69) is 26.8 Å². The zero-order chi connectivity index (χ0) is 24.0. The van der Waals surface area contributed by atoms with Crippen LogP contribution in [0.2, 0.25) is 10.6 Å². The van der Waals surface area contributed by atoms with Crippen molar-refractivity contribution in [2.24, 2.45) is 0 Å². The van der Waals surface area contributed by atoms with E-state index in [0.717, 1.165) is 16.0 Å². The molecule has 0 spiro atoms. The van der Waals surface area contributed by atoms with Crippen molar-refractivity contribution in [1.29, 1.82) is 0 Å². The number of hydrogen-bond acceptors (Lipinski definition) is 7.